The number of aryl methyl sites for hydroxylation is 1. The SMILES string of the molecule is Cc1nnc(-c2ccc(F)c(NC(=O)c3ccccc3F)c2)o1. The normalized spacial score (nSPS) is 10.6. The standard InChI is InChI=1S/C16H11F2N3O2/c1-9-20-21-16(23-9)10-6-7-13(18)14(8-10)19-15(22)11-4-2-3-5-12(11)17/h2-8H,1H3,(H,19,22). The zero-order valence-electron chi connectivity index (χ0n) is 12.0. The van der Waals surface area contributed by atoms with Crippen LogP contribution in [0.3, 0.4) is 0 Å². The monoisotopic (exact) mass is 315 g/mol. The summed E-state index contributed by atoms with van der Waals surface area (Å²) in [6, 6.07) is 9.40. The van der Waals surface area contributed by atoms with Crippen molar-refractivity contribution in [1.29, 1.82) is 0 Å². The highest BCUT2D eigenvalue weighted by molar-refractivity contribution is 6.04. The van der Waals surface area contributed by atoms with Gasteiger partial charge >= 0.3 is 0 Å². The number of halogens is 2. The molecule has 1 heterocycles. The van der Waals surface area contributed by atoms with Gasteiger partial charge in [0.2, 0.25) is 11.8 Å². The average Bonchev–Trinajstić information content (AvgIpc) is 2.96. The molecular formula is C16H11F2N3O2. The highest BCUT2D eigenvalue weighted by atomic mass is 19.1. The average molecular weight is 315 g/mol. The molecule has 0 saturated heterocycles. The van der Waals surface area contributed by atoms with Crippen molar-refractivity contribution in [3.63, 3.8) is 0 Å². The van der Waals surface area contributed by atoms with E-state index in [4.69, 9.17) is 4.42 Å². The molecule has 0 aliphatic heterocycles. The molecule has 5 nitrogen and oxygen atoms in total. The Morgan fingerprint density at radius 1 is 1.09 bits per heavy atom. The second-order valence-corrected chi connectivity index (χ2v) is 4.75. The van der Waals surface area contributed by atoms with Crippen LogP contribution < -0.4 is 5.32 Å². The van der Waals surface area contributed by atoms with Crippen molar-refractivity contribution in [2.45, 2.75) is 6.92 Å². The molecule has 0 fully saturated rings. The molecule has 1 aromatic heterocycles. The molecule has 0 aliphatic rings. The lowest BCUT2D eigenvalue weighted by molar-refractivity contribution is 0.102. The van der Waals surface area contributed by atoms with Gasteiger partial charge in [0.1, 0.15) is 11.6 Å². The van der Waals surface area contributed by atoms with Gasteiger partial charge in [0.15, 0.2) is 0 Å². The summed E-state index contributed by atoms with van der Waals surface area (Å²) in [5.41, 5.74) is 0.161. The van der Waals surface area contributed by atoms with E-state index in [9.17, 15) is 13.6 Å². The summed E-state index contributed by atoms with van der Waals surface area (Å²) in [4.78, 5) is 12.1. The number of anilines is 1. The number of benzene rings is 2. The molecule has 0 unspecified atom stereocenters. The third-order valence-electron chi connectivity index (χ3n) is 3.11. The predicted molar refractivity (Wildman–Crippen MR) is 78.8 cm³/mol. The van der Waals surface area contributed by atoms with E-state index >= 15 is 0 Å². The van der Waals surface area contributed by atoms with Gasteiger partial charge < -0.3 is 9.73 Å². The van der Waals surface area contributed by atoms with Crippen LogP contribution in [-0.4, -0.2) is 16.1 Å². The number of nitrogens with zero attached hydrogens (tertiary/aromatic N) is 2. The smallest absolute Gasteiger partial charge is 0.258 e. The van der Waals surface area contributed by atoms with E-state index in [-0.39, 0.29) is 17.1 Å². The maximum atomic E-state index is 13.9. The fourth-order valence-electron chi connectivity index (χ4n) is 2.00. The van der Waals surface area contributed by atoms with Crippen molar-refractivity contribution in [1.82, 2.24) is 10.2 Å². The second kappa shape index (κ2) is 5.96. The number of rotatable bonds is 3. The number of carbonyl (C=O) groups excluding carboxylic acids is 1. The lowest BCUT2D eigenvalue weighted by Gasteiger charge is -2.08. The summed E-state index contributed by atoms with van der Waals surface area (Å²) < 4.78 is 32.8. The van der Waals surface area contributed by atoms with Gasteiger partial charge in [0.05, 0.1) is 11.3 Å². The number of amides is 1. The van der Waals surface area contributed by atoms with Crippen LogP contribution in [-0.2, 0) is 0 Å². The fraction of sp³-hybridized carbons (Fsp3) is 0.0625. The summed E-state index contributed by atoms with van der Waals surface area (Å²) in [6.45, 7) is 1.63. The summed E-state index contributed by atoms with van der Waals surface area (Å²) in [5, 5.41) is 9.85. The van der Waals surface area contributed by atoms with Crippen molar-refractivity contribution in [2.75, 3.05) is 5.32 Å². The molecule has 7 heteroatoms. The van der Waals surface area contributed by atoms with Gasteiger partial charge in [-0.05, 0) is 30.3 Å². The van der Waals surface area contributed by atoms with Crippen molar-refractivity contribution < 1.29 is 18.0 Å². The zero-order valence-corrected chi connectivity index (χ0v) is 12.0. The van der Waals surface area contributed by atoms with Gasteiger partial charge in [-0.1, -0.05) is 12.1 Å². The minimum absolute atomic E-state index is 0.105. The number of carbonyl (C=O) groups is 1. The molecule has 0 aliphatic carbocycles. The fourth-order valence-corrected chi connectivity index (χ4v) is 2.00. The quantitative estimate of drug-likeness (QED) is 0.802. The van der Waals surface area contributed by atoms with E-state index in [0.29, 0.717) is 11.5 Å². The van der Waals surface area contributed by atoms with Gasteiger partial charge in [-0.25, -0.2) is 8.78 Å². The number of hydrogen-bond donors (Lipinski definition) is 1. The Bertz CT molecular complexity index is 877. The largest absolute Gasteiger partial charge is 0.421 e. The van der Waals surface area contributed by atoms with Crippen LogP contribution in [0.2, 0.25) is 0 Å². The molecule has 0 radical (unpaired) electrons. The van der Waals surface area contributed by atoms with Gasteiger partial charge in [0, 0.05) is 12.5 Å². The maximum Gasteiger partial charge on any atom is 0.258 e. The molecule has 0 atom stereocenters. The summed E-state index contributed by atoms with van der Waals surface area (Å²) >= 11 is 0. The van der Waals surface area contributed by atoms with E-state index in [0.717, 1.165) is 12.1 Å². The predicted octanol–water partition coefficient (Wildman–Crippen LogP) is 3.58. The van der Waals surface area contributed by atoms with Crippen LogP contribution >= 0.6 is 0 Å². The van der Waals surface area contributed by atoms with E-state index in [1.807, 2.05) is 0 Å². The molecule has 3 rings (SSSR count). The minimum atomic E-state index is -0.749. The first-order valence-corrected chi connectivity index (χ1v) is 6.70. The lowest BCUT2D eigenvalue weighted by atomic mass is 10.1. The van der Waals surface area contributed by atoms with Crippen LogP contribution in [0.4, 0.5) is 14.5 Å². The Balaban J connectivity index is 1.91. The molecular weight excluding hydrogens is 304 g/mol. The van der Waals surface area contributed by atoms with E-state index < -0.39 is 17.5 Å². The Hall–Kier alpha value is -3.09. The van der Waals surface area contributed by atoms with Crippen molar-refractivity contribution in [3.05, 3.63) is 65.6 Å². The van der Waals surface area contributed by atoms with Gasteiger partial charge in [-0.2, -0.15) is 0 Å². The van der Waals surface area contributed by atoms with Crippen molar-refractivity contribution in [3.8, 4) is 11.5 Å². The van der Waals surface area contributed by atoms with Gasteiger partial charge in [-0.15, -0.1) is 10.2 Å². The Labute approximate surface area is 130 Å². The van der Waals surface area contributed by atoms with Crippen molar-refractivity contribution >= 4 is 11.6 Å². The summed E-state index contributed by atoms with van der Waals surface area (Å²) in [6.07, 6.45) is 0. The first-order valence-electron chi connectivity index (χ1n) is 6.70. The first kappa shape index (κ1) is 14.8. The Morgan fingerprint density at radius 3 is 2.57 bits per heavy atom. The highest BCUT2D eigenvalue weighted by Crippen LogP contribution is 2.24. The Kier molecular flexibility index (Phi) is 3.84. The van der Waals surface area contributed by atoms with Crippen molar-refractivity contribution in [2.24, 2.45) is 0 Å². The molecule has 116 valence electrons. The summed E-state index contributed by atoms with van der Waals surface area (Å²) in [5.74, 6) is -1.53. The third-order valence-corrected chi connectivity index (χ3v) is 3.11. The topological polar surface area (TPSA) is 68.0 Å². The van der Waals surface area contributed by atoms with Crippen LogP contribution in [0.25, 0.3) is 11.5 Å². The van der Waals surface area contributed by atoms with Crippen LogP contribution in [0.5, 0.6) is 0 Å². The van der Waals surface area contributed by atoms with E-state index in [2.05, 4.69) is 15.5 Å². The van der Waals surface area contributed by atoms with E-state index in [1.54, 1.807) is 6.92 Å². The molecule has 2 aromatic carbocycles. The van der Waals surface area contributed by atoms with Crippen LogP contribution in [0.1, 0.15) is 16.2 Å². The molecule has 3 aromatic rings. The number of nitrogens with one attached hydrogen (secondary N) is 1. The minimum Gasteiger partial charge on any atom is -0.421 e. The molecule has 0 bridgehead atoms. The van der Waals surface area contributed by atoms with Gasteiger partial charge in [0.25, 0.3) is 5.91 Å². The summed E-state index contributed by atoms with van der Waals surface area (Å²) in [7, 11) is 0. The lowest BCUT2D eigenvalue weighted by Crippen LogP contribution is -2.14. The van der Waals surface area contributed by atoms with Crippen LogP contribution in [0, 0.1) is 18.6 Å². The highest BCUT2D eigenvalue weighted by Gasteiger charge is 2.15. The zero-order chi connectivity index (χ0) is 16.4. The molecule has 1 amide bonds. The molecule has 0 spiro atoms. The Morgan fingerprint density at radius 2 is 1.87 bits per heavy atom. The third kappa shape index (κ3) is 3.08. The van der Waals surface area contributed by atoms with E-state index in [1.165, 1.54) is 30.3 Å². The van der Waals surface area contributed by atoms with Crippen LogP contribution in [0.15, 0.2) is 46.9 Å². The molecule has 0 saturated carbocycles. The second-order valence-electron chi connectivity index (χ2n) is 4.75. The number of aromatic nitrogens is 2. The number of hydrogen-bond acceptors (Lipinski definition) is 4. The first-order chi connectivity index (χ1) is 11.0. The molecule has 23 heavy (non-hydrogen) atoms. The maximum absolute atomic E-state index is 13.9. The van der Waals surface area contributed by atoms with Gasteiger partial charge in [-0.3, -0.25) is 4.79 Å². The molecule has 1 N–H and O–H groups in total.